The molecule has 0 amide bonds. The molecule has 1 atom stereocenters. The van der Waals surface area contributed by atoms with Gasteiger partial charge in [0, 0.05) is 19.0 Å². The zero-order chi connectivity index (χ0) is 15.9. The molecule has 0 radical (unpaired) electrons. The number of aromatic nitrogens is 3. The summed E-state index contributed by atoms with van der Waals surface area (Å²) < 4.78 is 10.6. The minimum absolute atomic E-state index is 0.0488. The normalized spacial score (nSPS) is 17.1. The van der Waals surface area contributed by atoms with Crippen LogP contribution in [0.4, 0.5) is 0 Å². The van der Waals surface area contributed by atoms with Gasteiger partial charge in [0.15, 0.2) is 5.16 Å². The zero-order valence-corrected chi connectivity index (χ0v) is 13.4. The molecule has 2 aromatic rings. The Hall–Kier alpha value is -1.99. The van der Waals surface area contributed by atoms with Crippen LogP contribution in [0.25, 0.3) is 11.4 Å². The fourth-order valence-corrected chi connectivity index (χ4v) is 2.82. The smallest absolute Gasteiger partial charge is 0.316 e. The first kappa shape index (κ1) is 15.9. The van der Waals surface area contributed by atoms with Gasteiger partial charge in [-0.2, -0.15) is 0 Å². The second-order valence-electron chi connectivity index (χ2n) is 5.05. The number of carbonyl (C=O) groups excluding carboxylic acids is 1. The lowest BCUT2D eigenvalue weighted by atomic mass is 10.2. The number of thioether (sulfide) groups is 1. The van der Waals surface area contributed by atoms with Crippen LogP contribution in [0.15, 0.2) is 41.8 Å². The number of hydrogen-bond donors (Lipinski definition) is 0. The highest BCUT2D eigenvalue weighted by molar-refractivity contribution is 7.99. The van der Waals surface area contributed by atoms with E-state index >= 15 is 0 Å². The van der Waals surface area contributed by atoms with Crippen LogP contribution >= 0.6 is 11.8 Å². The molecule has 3 heterocycles. The third-order valence-electron chi connectivity index (χ3n) is 3.33. The Kier molecular flexibility index (Phi) is 5.55. The van der Waals surface area contributed by atoms with Crippen molar-refractivity contribution in [1.29, 1.82) is 0 Å². The molecule has 6 nitrogen and oxygen atoms in total. The first-order valence-corrected chi connectivity index (χ1v) is 8.44. The molecule has 0 saturated carbocycles. The predicted octanol–water partition coefficient (Wildman–Crippen LogP) is 2.35. The van der Waals surface area contributed by atoms with Crippen molar-refractivity contribution in [3.8, 4) is 11.4 Å². The molecule has 0 N–H and O–H groups in total. The average Bonchev–Trinajstić information content (AvgIpc) is 3.13. The highest BCUT2D eigenvalue weighted by Crippen LogP contribution is 2.18. The van der Waals surface area contributed by atoms with Gasteiger partial charge < -0.3 is 9.47 Å². The summed E-state index contributed by atoms with van der Waals surface area (Å²) in [5, 5.41) is 0.530. The molecule has 1 fully saturated rings. The third kappa shape index (κ3) is 4.74. The SMILES string of the molecule is O=C(CSc1nccc(-c2ccccn2)n1)OCC1CCCO1. The first-order chi connectivity index (χ1) is 11.3. The lowest BCUT2D eigenvalue weighted by Crippen LogP contribution is -2.18. The van der Waals surface area contributed by atoms with Crippen LogP contribution in [0.1, 0.15) is 12.8 Å². The van der Waals surface area contributed by atoms with E-state index in [1.807, 2.05) is 18.2 Å². The van der Waals surface area contributed by atoms with Gasteiger partial charge in [0.2, 0.25) is 0 Å². The van der Waals surface area contributed by atoms with Crippen molar-refractivity contribution >= 4 is 17.7 Å². The Labute approximate surface area is 138 Å². The zero-order valence-electron chi connectivity index (χ0n) is 12.6. The fraction of sp³-hybridized carbons (Fsp3) is 0.375. The van der Waals surface area contributed by atoms with Gasteiger partial charge in [-0.15, -0.1) is 0 Å². The molecule has 23 heavy (non-hydrogen) atoms. The molecule has 7 heteroatoms. The molecule has 0 aliphatic carbocycles. The van der Waals surface area contributed by atoms with Crippen molar-refractivity contribution in [1.82, 2.24) is 15.0 Å². The van der Waals surface area contributed by atoms with Gasteiger partial charge in [-0.1, -0.05) is 17.8 Å². The number of carbonyl (C=O) groups is 1. The highest BCUT2D eigenvalue weighted by Gasteiger charge is 2.17. The van der Waals surface area contributed by atoms with Crippen molar-refractivity contribution in [2.24, 2.45) is 0 Å². The molecule has 1 saturated heterocycles. The van der Waals surface area contributed by atoms with Gasteiger partial charge >= 0.3 is 5.97 Å². The largest absolute Gasteiger partial charge is 0.462 e. The third-order valence-corrected chi connectivity index (χ3v) is 4.17. The summed E-state index contributed by atoms with van der Waals surface area (Å²) in [7, 11) is 0. The van der Waals surface area contributed by atoms with Gasteiger partial charge in [0.25, 0.3) is 0 Å². The molecule has 120 valence electrons. The molecule has 1 aliphatic rings. The number of nitrogens with zero attached hydrogens (tertiary/aromatic N) is 3. The van der Waals surface area contributed by atoms with Crippen LogP contribution in [0.3, 0.4) is 0 Å². The standard InChI is InChI=1S/C16H17N3O3S/c20-15(22-10-12-4-3-9-21-12)11-23-16-18-8-6-14(19-16)13-5-1-2-7-17-13/h1-2,5-8,12H,3-4,9-11H2. The maximum atomic E-state index is 11.8. The molecule has 0 aromatic carbocycles. The summed E-state index contributed by atoms with van der Waals surface area (Å²) in [6.45, 7) is 1.08. The van der Waals surface area contributed by atoms with Crippen LogP contribution in [0, 0.1) is 0 Å². The van der Waals surface area contributed by atoms with E-state index in [0.717, 1.165) is 30.8 Å². The fourth-order valence-electron chi connectivity index (χ4n) is 2.19. The van der Waals surface area contributed by atoms with E-state index in [1.54, 1.807) is 18.5 Å². The summed E-state index contributed by atoms with van der Waals surface area (Å²) in [6.07, 6.45) is 5.41. The number of ether oxygens (including phenoxy) is 2. The lowest BCUT2D eigenvalue weighted by Gasteiger charge is -2.09. The van der Waals surface area contributed by atoms with Crippen LogP contribution in [0.2, 0.25) is 0 Å². The van der Waals surface area contributed by atoms with E-state index in [1.165, 1.54) is 11.8 Å². The van der Waals surface area contributed by atoms with Crippen LogP contribution in [-0.2, 0) is 14.3 Å². The number of hydrogen-bond acceptors (Lipinski definition) is 7. The van der Waals surface area contributed by atoms with Crippen molar-refractivity contribution in [3.63, 3.8) is 0 Å². The maximum absolute atomic E-state index is 11.8. The van der Waals surface area contributed by atoms with Gasteiger partial charge in [-0.25, -0.2) is 9.97 Å². The number of pyridine rings is 1. The van der Waals surface area contributed by atoms with E-state index in [9.17, 15) is 4.79 Å². The number of rotatable bonds is 6. The monoisotopic (exact) mass is 331 g/mol. The van der Waals surface area contributed by atoms with Crippen molar-refractivity contribution in [3.05, 3.63) is 36.7 Å². The van der Waals surface area contributed by atoms with E-state index in [0.29, 0.717) is 11.8 Å². The van der Waals surface area contributed by atoms with Crippen LogP contribution in [0.5, 0.6) is 0 Å². The highest BCUT2D eigenvalue weighted by atomic mass is 32.2. The molecule has 1 unspecified atom stereocenters. The molecular formula is C16H17N3O3S. The molecule has 1 aliphatic heterocycles. The minimum atomic E-state index is -0.280. The molecular weight excluding hydrogens is 314 g/mol. The van der Waals surface area contributed by atoms with E-state index < -0.39 is 0 Å². The van der Waals surface area contributed by atoms with Crippen LogP contribution < -0.4 is 0 Å². The van der Waals surface area contributed by atoms with Crippen molar-refractivity contribution in [2.75, 3.05) is 19.0 Å². The Morgan fingerprint density at radius 3 is 3.00 bits per heavy atom. The minimum Gasteiger partial charge on any atom is -0.462 e. The van der Waals surface area contributed by atoms with Gasteiger partial charge in [0.05, 0.1) is 23.2 Å². The summed E-state index contributed by atoms with van der Waals surface area (Å²) in [5.74, 6) is -0.101. The van der Waals surface area contributed by atoms with Gasteiger partial charge in [0.1, 0.15) is 6.61 Å². The number of esters is 1. The van der Waals surface area contributed by atoms with Crippen molar-refractivity contribution < 1.29 is 14.3 Å². The second kappa shape index (κ2) is 8.03. The van der Waals surface area contributed by atoms with Gasteiger partial charge in [-0.05, 0) is 31.0 Å². The molecule has 0 bridgehead atoms. The summed E-state index contributed by atoms with van der Waals surface area (Å²) in [6, 6.07) is 7.43. The summed E-state index contributed by atoms with van der Waals surface area (Å²) in [5.41, 5.74) is 1.51. The molecule has 2 aromatic heterocycles. The maximum Gasteiger partial charge on any atom is 0.316 e. The Morgan fingerprint density at radius 1 is 1.26 bits per heavy atom. The molecule has 0 spiro atoms. The van der Waals surface area contributed by atoms with E-state index in [2.05, 4.69) is 15.0 Å². The predicted molar refractivity (Wildman–Crippen MR) is 85.9 cm³/mol. The Morgan fingerprint density at radius 2 is 2.22 bits per heavy atom. The van der Waals surface area contributed by atoms with Crippen LogP contribution in [-0.4, -0.2) is 46.0 Å². The quantitative estimate of drug-likeness (QED) is 0.457. The van der Waals surface area contributed by atoms with E-state index in [4.69, 9.17) is 9.47 Å². The Balaban J connectivity index is 1.51. The topological polar surface area (TPSA) is 74.2 Å². The first-order valence-electron chi connectivity index (χ1n) is 7.46. The Bertz CT molecular complexity index is 648. The summed E-state index contributed by atoms with van der Waals surface area (Å²) in [4.78, 5) is 24.6. The molecule has 3 rings (SSSR count). The van der Waals surface area contributed by atoms with Crippen molar-refractivity contribution in [2.45, 2.75) is 24.1 Å². The second-order valence-corrected chi connectivity index (χ2v) is 5.99. The average molecular weight is 331 g/mol. The van der Waals surface area contributed by atoms with Gasteiger partial charge in [-0.3, -0.25) is 9.78 Å². The summed E-state index contributed by atoms with van der Waals surface area (Å²) >= 11 is 1.25. The lowest BCUT2D eigenvalue weighted by molar-refractivity contribution is -0.143. The van der Waals surface area contributed by atoms with E-state index in [-0.39, 0.29) is 17.8 Å².